The molecule has 0 N–H and O–H groups in total. The molecule has 0 atom stereocenters. The quantitative estimate of drug-likeness (QED) is 0.398. The Balaban J connectivity index is 2.54. The van der Waals surface area contributed by atoms with Gasteiger partial charge in [0.2, 0.25) is 5.91 Å². The third kappa shape index (κ3) is 1.23. The van der Waals surface area contributed by atoms with Gasteiger partial charge in [0, 0.05) is 6.54 Å². The first-order valence-electron chi connectivity index (χ1n) is 3.14. The lowest BCUT2D eigenvalue weighted by molar-refractivity contribution is -0.127. The molecule has 10 heavy (non-hydrogen) atoms. The third-order valence-electron chi connectivity index (χ3n) is 1.42. The summed E-state index contributed by atoms with van der Waals surface area (Å²) in [4.78, 5) is 23.0. The molecule has 1 heterocycles. The lowest BCUT2D eigenvalue weighted by Gasteiger charge is -2.09. The number of amides is 1. The molecule has 0 radical (unpaired) electrons. The Bertz CT molecular complexity index is 186. The summed E-state index contributed by atoms with van der Waals surface area (Å²) in [7, 11) is 0. The molecule has 1 aliphatic heterocycles. The first-order valence-corrected chi connectivity index (χ1v) is 3.14. The van der Waals surface area contributed by atoms with E-state index >= 15 is 0 Å². The van der Waals surface area contributed by atoms with Crippen LogP contribution in [0, 0.1) is 0 Å². The second kappa shape index (κ2) is 2.64. The van der Waals surface area contributed by atoms with Gasteiger partial charge >= 0.3 is 0 Å². The lowest BCUT2D eigenvalue weighted by atomic mass is 10.3. The molecule has 0 unspecified atom stereocenters. The summed E-state index contributed by atoms with van der Waals surface area (Å²) in [5.74, 6) is -0.0725. The van der Waals surface area contributed by atoms with Gasteiger partial charge in [0.05, 0.1) is 13.0 Å². The highest BCUT2D eigenvalue weighted by Crippen LogP contribution is 2.04. The number of rotatable bonds is 2. The van der Waals surface area contributed by atoms with Crippen LogP contribution in [0.1, 0.15) is 6.42 Å². The second-order valence-corrected chi connectivity index (χ2v) is 2.28. The average molecular weight is 139 g/mol. The van der Waals surface area contributed by atoms with Gasteiger partial charge in [-0.2, -0.15) is 0 Å². The highest BCUT2D eigenvalue weighted by Gasteiger charge is 2.25. The number of Topliss-reactive ketones (excluding diaryl/α,β-unsaturated/α-hetero) is 1. The van der Waals surface area contributed by atoms with Crippen molar-refractivity contribution in [2.75, 3.05) is 13.1 Å². The fourth-order valence-electron chi connectivity index (χ4n) is 0.960. The van der Waals surface area contributed by atoms with Crippen LogP contribution in [-0.4, -0.2) is 29.7 Å². The first kappa shape index (κ1) is 6.99. The van der Waals surface area contributed by atoms with Crippen molar-refractivity contribution in [3.8, 4) is 0 Å². The van der Waals surface area contributed by atoms with Gasteiger partial charge in [-0.05, 0) is 0 Å². The van der Waals surface area contributed by atoms with E-state index < -0.39 is 0 Å². The number of carbonyl (C=O) groups excluding carboxylic acids is 2. The molecule has 1 amide bonds. The topological polar surface area (TPSA) is 37.4 Å². The van der Waals surface area contributed by atoms with E-state index in [4.69, 9.17) is 0 Å². The predicted octanol–water partition coefficient (Wildman–Crippen LogP) is -0.0262. The number of hydrogen-bond acceptors (Lipinski definition) is 2. The van der Waals surface area contributed by atoms with Crippen molar-refractivity contribution in [2.45, 2.75) is 6.42 Å². The monoisotopic (exact) mass is 139 g/mol. The highest BCUT2D eigenvalue weighted by molar-refractivity contribution is 6.05. The SMILES string of the molecule is C=CCN1CC(=O)CC1=O. The van der Waals surface area contributed by atoms with Gasteiger partial charge in [-0.1, -0.05) is 6.08 Å². The zero-order valence-electron chi connectivity index (χ0n) is 5.67. The largest absolute Gasteiger partial charge is 0.331 e. The fraction of sp³-hybridized carbons (Fsp3) is 0.429. The first-order chi connectivity index (χ1) is 4.74. The zero-order valence-corrected chi connectivity index (χ0v) is 5.67. The molecule has 0 spiro atoms. The maximum atomic E-state index is 10.8. The van der Waals surface area contributed by atoms with E-state index in [0.29, 0.717) is 6.54 Å². The molecule has 1 aliphatic rings. The molecule has 3 heteroatoms. The van der Waals surface area contributed by atoms with Crippen LogP contribution < -0.4 is 0 Å². The maximum Gasteiger partial charge on any atom is 0.230 e. The van der Waals surface area contributed by atoms with Gasteiger partial charge in [0.1, 0.15) is 0 Å². The Morgan fingerprint density at radius 2 is 2.30 bits per heavy atom. The summed E-state index contributed by atoms with van der Waals surface area (Å²) in [6.07, 6.45) is 1.70. The zero-order chi connectivity index (χ0) is 7.56. The van der Waals surface area contributed by atoms with Gasteiger partial charge in [-0.25, -0.2) is 0 Å². The van der Waals surface area contributed by atoms with Gasteiger partial charge in [0.25, 0.3) is 0 Å². The van der Waals surface area contributed by atoms with Crippen LogP contribution in [0.15, 0.2) is 12.7 Å². The van der Waals surface area contributed by atoms with Gasteiger partial charge in [-0.15, -0.1) is 6.58 Å². The molecular weight excluding hydrogens is 130 g/mol. The molecule has 0 aliphatic carbocycles. The summed E-state index contributed by atoms with van der Waals surface area (Å²) in [5, 5.41) is 0. The summed E-state index contributed by atoms with van der Waals surface area (Å²) in [6.45, 7) is 4.24. The van der Waals surface area contributed by atoms with Crippen LogP contribution in [0.25, 0.3) is 0 Å². The Labute approximate surface area is 59.3 Å². The Kier molecular flexibility index (Phi) is 1.85. The van der Waals surface area contributed by atoms with E-state index in [-0.39, 0.29) is 24.7 Å². The van der Waals surface area contributed by atoms with Crippen molar-refractivity contribution < 1.29 is 9.59 Å². The molecule has 0 bridgehead atoms. The Morgan fingerprint density at radius 3 is 2.70 bits per heavy atom. The van der Waals surface area contributed by atoms with E-state index in [1.54, 1.807) is 6.08 Å². The normalized spacial score (nSPS) is 18.2. The van der Waals surface area contributed by atoms with Crippen LogP contribution in [0.2, 0.25) is 0 Å². The Hall–Kier alpha value is -1.12. The fourth-order valence-corrected chi connectivity index (χ4v) is 0.960. The second-order valence-electron chi connectivity index (χ2n) is 2.28. The number of carbonyl (C=O) groups is 2. The number of likely N-dealkylation sites (tertiary alicyclic amines) is 1. The van der Waals surface area contributed by atoms with E-state index in [2.05, 4.69) is 6.58 Å². The molecule has 0 aromatic carbocycles. The van der Waals surface area contributed by atoms with Crippen molar-refractivity contribution in [3.05, 3.63) is 12.7 Å². The average Bonchev–Trinajstić information content (AvgIpc) is 2.13. The molecule has 1 fully saturated rings. The van der Waals surface area contributed by atoms with Gasteiger partial charge in [-0.3, -0.25) is 9.59 Å². The molecular formula is C7H9NO2. The van der Waals surface area contributed by atoms with Crippen LogP contribution >= 0.6 is 0 Å². The number of hydrogen-bond donors (Lipinski definition) is 0. The van der Waals surface area contributed by atoms with Crippen LogP contribution in [0.5, 0.6) is 0 Å². The minimum absolute atomic E-state index is 0.00634. The number of ketones is 1. The van der Waals surface area contributed by atoms with Crippen molar-refractivity contribution in [1.82, 2.24) is 4.90 Å². The molecule has 0 aromatic rings. The van der Waals surface area contributed by atoms with Gasteiger partial charge < -0.3 is 4.90 Å². The van der Waals surface area contributed by atoms with E-state index in [0.717, 1.165) is 0 Å². The third-order valence-corrected chi connectivity index (χ3v) is 1.42. The van der Waals surface area contributed by atoms with Crippen LogP contribution in [0.3, 0.4) is 0 Å². The van der Waals surface area contributed by atoms with E-state index in [1.165, 1.54) is 4.90 Å². The summed E-state index contributed by atoms with van der Waals surface area (Å²) >= 11 is 0. The molecule has 3 nitrogen and oxygen atoms in total. The molecule has 54 valence electrons. The van der Waals surface area contributed by atoms with Crippen molar-refractivity contribution >= 4 is 11.7 Å². The molecule has 1 saturated heterocycles. The minimum Gasteiger partial charge on any atom is -0.331 e. The van der Waals surface area contributed by atoms with E-state index in [9.17, 15) is 9.59 Å². The maximum absolute atomic E-state index is 10.8. The van der Waals surface area contributed by atoms with Crippen molar-refractivity contribution in [2.24, 2.45) is 0 Å². The minimum atomic E-state index is -0.0788. The summed E-state index contributed by atoms with van der Waals surface area (Å²) in [5.41, 5.74) is 0. The lowest BCUT2D eigenvalue weighted by Crippen LogP contribution is -2.24. The molecule has 1 rings (SSSR count). The van der Waals surface area contributed by atoms with E-state index in [1.807, 2.05) is 0 Å². The van der Waals surface area contributed by atoms with Crippen LogP contribution in [-0.2, 0) is 9.59 Å². The predicted molar refractivity (Wildman–Crippen MR) is 36.4 cm³/mol. The standard InChI is InChI=1S/C7H9NO2/c1-2-3-8-5-6(9)4-7(8)10/h2H,1,3-5H2. The molecule has 0 aromatic heterocycles. The summed E-state index contributed by atoms with van der Waals surface area (Å²) in [6, 6.07) is 0. The van der Waals surface area contributed by atoms with Crippen LogP contribution in [0.4, 0.5) is 0 Å². The van der Waals surface area contributed by atoms with Gasteiger partial charge in [0.15, 0.2) is 5.78 Å². The number of nitrogens with zero attached hydrogens (tertiary/aromatic N) is 1. The highest BCUT2D eigenvalue weighted by atomic mass is 16.2. The van der Waals surface area contributed by atoms with Crippen molar-refractivity contribution in [3.63, 3.8) is 0 Å². The Morgan fingerprint density at radius 1 is 1.60 bits per heavy atom. The van der Waals surface area contributed by atoms with Crippen molar-refractivity contribution in [1.29, 1.82) is 0 Å². The smallest absolute Gasteiger partial charge is 0.230 e. The molecule has 0 saturated carbocycles. The summed E-state index contributed by atoms with van der Waals surface area (Å²) < 4.78 is 0.